The molecule has 0 spiro atoms. The second kappa shape index (κ2) is 7.40. The molecular formula is C22H20N2O4. The summed E-state index contributed by atoms with van der Waals surface area (Å²) in [6.45, 7) is 1.52. The second-order valence-corrected chi connectivity index (χ2v) is 6.63. The molecule has 1 N–H and O–H groups in total. The number of carbonyl (C=O) groups excluding carboxylic acids is 2. The van der Waals surface area contributed by atoms with Crippen LogP contribution in [-0.4, -0.2) is 37.7 Å². The molecule has 0 fully saturated rings. The molecule has 3 aromatic rings. The third-order valence-corrected chi connectivity index (χ3v) is 5.11. The van der Waals surface area contributed by atoms with E-state index in [1.54, 1.807) is 18.3 Å². The fourth-order valence-corrected chi connectivity index (χ4v) is 3.73. The zero-order valence-corrected chi connectivity index (χ0v) is 15.7. The van der Waals surface area contributed by atoms with E-state index in [0.29, 0.717) is 22.4 Å². The van der Waals surface area contributed by atoms with Crippen molar-refractivity contribution in [2.24, 2.45) is 0 Å². The van der Waals surface area contributed by atoms with Gasteiger partial charge in [-0.25, -0.2) is 9.59 Å². The first-order chi connectivity index (χ1) is 13.6. The zero-order chi connectivity index (χ0) is 19.7. The number of ether oxygens (including phenoxy) is 2. The Morgan fingerprint density at radius 3 is 2.68 bits per heavy atom. The maximum atomic E-state index is 12.6. The SMILES string of the molecule is COC(=O)c1c(-c2cc3c(C(=O)OC)cccc3cn2)ccc2c1CCNC2. The predicted octanol–water partition coefficient (Wildman–Crippen LogP) is 3.12. The topological polar surface area (TPSA) is 77.5 Å². The molecule has 0 radical (unpaired) electrons. The quantitative estimate of drug-likeness (QED) is 0.708. The van der Waals surface area contributed by atoms with E-state index < -0.39 is 5.97 Å². The van der Waals surface area contributed by atoms with Crippen molar-refractivity contribution in [3.8, 4) is 11.3 Å². The van der Waals surface area contributed by atoms with Gasteiger partial charge in [0.2, 0.25) is 0 Å². The lowest BCUT2D eigenvalue weighted by Crippen LogP contribution is -2.26. The molecule has 0 aliphatic carbocycles. The molecule has 6 heteroatoms. The fourth-order valence-electron chi connectivity index (χ4n) is 3.73. The summed E-state index contributed by atoms with van der Waals surface area (Å²) < 4.78 is 9.97. The van der Waals surface area contributed by atoms with E-state index in [1.807, 2.05) is 24.3 Å². The van der Waals surface area contributed by atoms with E-state index in [2.05, 4.69) is 10.3 Å². The lowest BCUT2D eigenvalue weighted by molar-refractivity contribution is 0.0592. The van der Waals surface area contributed by atoms with Crippen molar-refractivity contribution in [2.75, 3.05) is 20.8 Å². The summed E-state index contributed by atoms with van der Waals surface area (Å²) in [4.78, 5) is 29.3. The Balaban J connectivity index is 1.95. The largest absolute Gasteiger partial charge is 0.465 e. The van der Waals surface area contributed by atoms with Crippen molar-refractivity contribution in [3.05, 3.63) is 64.8 Å². The Hall–Kier alpha value is -3.25. The third kappa shape index (κ3) is 3.01. The predicted molar refractivity (Wildman–Crippen MR) is 105 cm³/mol. The van der Waals surface area contributed by atoms with Crippen LogP contribution in [-0.2, 0) is 22.4 Å². The average Bonchev–Trinajstić information content (AvgIpc) is 2.76. The summed E-state index contributed by atoms with van der Waals surface area (Å²) in [5.74, 6) is -0.788. The molecule has 0 saturated carbocycles. The summed E-state index contributed by atoms with van der Waals surface area (Å²) in [6, 6.07) is 11.1. The summed E-state index contributed by atoms with van der Waals surface area (Å²) in [6.07, 6.45) is 2.45. The summed E-state index contributed by atoms with van der Waals surface area (Å²) >= 11 is 0. The van der Waals surface area contributed by atoms with Crippen LogP contribution in [0.5, 0.6) is 0 Å². The van der Waals surface area contributed by atoms with Crippen LogP contribution in [0, 0.1) is 0 Å². The first kappa shape index (κ1) is 18.1. The Morgan fingerprint density at radius 2 is 1.89 bits per heavy atom. The normalized spacial score (nSPS) is 13.1. The lowest BCUT2D eigenvalue weighted by atomic mass is 9.89. The molecule has 0 atom stereocenters. The number of nitrogens with one attached hydrogen (secondary N) is 1. The monoisotopic (exact) mass is 376 g/mol. The van der Waals surface area contributed by atoms with Gasteiger partial charge in [0, 0.05) is 23.7 Å². The van der Waals surface area contributed by atoms with Crippen LogP contribution < -0.4 is 5.32 Å². The van der Waals surface area contributed by atoms with Gasteiger partial charge in [0.15, 0.2) is 0 Å². The molecule has 4 rings (SSSR count). The third-order valence-electron chi connectivity index (χ3n) is 5.11. The highest BCUT2D eigenvalue weighted by molar-refractivity contribution is 6.06. The number of fused-ring (bicyclic) bond motifs is 2. The summed E-state index contributed by atoms with van der Waals surface area (Å²) in [5.41, 5.74) is 4.41. The van der Waals surface area contributed by atoms with E-state index in [1.165, 1.54) is 14.2 Å². The Bertz CT molecular complexity index is 1090. The van der Waals surface area contributed by atoms with Crippen molar-refractivity contribution in [2.45, 2.75) is 13.0 Å². The number of carbonyl (C=O) groups is 2. The van der Waals surface area contributed by atoms with Gasteiger partial charge in [0.1, 0.15) is 0 Å². The average molecular weight is 376 g/mol. The molecule has 1 aromatic heterocycles. The molecule has 6 nitrogen and oxygen atoms in total. The molecule has 1 aliphatic rings. The van der Waals surface area contributed by atoms with Gasteiger partial charge in [-0.3, -0.25) is 4.98 Å². The van der Waals surface area contributed by atoms with Crippen molar-refractivity contribution in [1.29, 1.82) is 0 Å². The van der Waals surface area contributed by atoms with Gasteiger partial charge < -0.3 is 14.8 Å². The van der Waals surface area contributed by atoms with Crippen LogP contribution >= 0.6 is 0 Å². The van der Waals surface area contributed by atoms with Gasteiger partial charge in [0.05, 0.1) is 31.0 Å². The van der Waals surface area contributed by atoms with Gasteiger partial charge in [-0.15, -0.1) is 0 Å². The van der Waals surface area contributed by atoms with Crippen LogP contribution in [0.15, 0.2) is 42.6 Å². The van der Waals surface area contributed by atoms with E-state index >= 15 is 0 Å². The maximum Gasteiger partial charge on any atom is 0.338 e. The Kier molecular flexibility index (Phi) is 4.79. The highest BCUT2D eigenvalue weighted by Gasteiger charge is 2.24. The number of aromatic nitrogens is 1. The molecule has 0 amide bonds. The highest BCUT2D eigenvalue weighted by atomic mass is 16.5. The number of hydrogen-bond acceptors (Lipinski definition) is 6. The smallest absolute Gasteiger partial charge is 0.338 e. The molecule has 1 aliphatic heterocycles. The van der Waals surface area contributed by atoms with Crippen LogP contribution in [0.2, 0.25) is 0 Å². The highest BCUT2D eigenvalue weighted by Crippen LogP contribution is 2.32. The van der Waals surface area contributed by atoms with E-state index in [-0.39, 0.29) is 5.97 Å². The lowest BCUT2D eigenvalue weighted by Gasteiger charge is -2.22. The van der Waals surface area contributed by atoms with Crippen molar-refractivity contribution in [3.63, 3.8) is 0 Å². The molecule has 142 valence electrons. The van der Waals surface area contributed by atoms with Gasteiger partial charge >= 0.3 is 11.9 Å². The minimum Gasteiger partial charge on any atom is -0.465 e. The number of pyridine rings is 1. The molecule has 2 heterocycles. The van der Waals surface area contributed by atoms with Gasteiger partial charge in [-0.2, -0.15) is 0 Å². The molecule has 2 aromatic carbocycles. The van der Waals surface area contributed by atoms with Crippen LogP contribution in [0.3, 0.4) is 0 Å². The number of rotatable bonds is 3. The van der Waals surface area contributed by atoms with Crippen molar-refractivity contribution in [1.82, 2.24) is 10.3 Å². The van der Waals surface area contributed by atoms with E-state index in [0.717, 1.165) is 41.4 Å². The van der Waals surface area contributed by atoms with E-state index in [4.69, 9.17) is 9.47 Å². The van der Waals surface area contributed by atoms with E-state index in [9.17, 15) is 9.59 Å². The minimum atomic E-state index is -0.410. The number of esters is 2. The number of hydrogen-bond donors (Lipinski definition) is 1. The molecule has 0 unspecified atom stereocenters. The molecular weight excluding hydrogens is 356 g/mol. The fraction of sp³-hybridized carbons (Fsp3) is 0.227. The van der Waals surface area contributed by atoms with Crippen LogP contribution in [0.1, 0.15) is 31.8 Å². The first-order valence-corrected chi connectivity index (χ1v) is 9.05. The van der Waals surface area contributed by atoms with Crippen molar-refractivity contribution < 1.29 is 19.1 Å². The van der Waals surface area contributed by atoms with Crippen LogP contribution in [0.25, 0.3) is 22.0 Å². The molecule has 28 heavy (non-hydrogen) atoms. The summed E-state index contributed by atoms with van der Waals surface area (Å²) in [7, 11) is 2.74. The maximum absolute atomic E-state index is 12.6. The number of benzene rings is 2. The number of methoxy groups -OCH3 is 2. The Morgan fingerprint density at radius 1 is 1.07 bits per heavy atom. The van der Waals surface area contributed by atoms with Crippen molar-refractivity contribution >= 4 is 22.7 Å². The number of nitrogens with zero attached hydrogens (tertiary/aromatic N) is 1. The van der Waals surface area contributed by atoms with Gasteiger partial charge in [-0.1, -0.05) is 24.3 Å². The molecule has 0 bridgehead atoms. The summed E-state index contributed by atoms with van der Waals surface area (Å²) in [5, 5.41) is 4.87. The standard InChI is InChI=1S/C22H20N2O4/c1-27-21(25)16-5-3-4-13-12-24-19(10-18(13)16)17-7-6-14-11-23-9-8-15(14)20(17)22(26)28-2/h3-7,10,12,23H,8-9,11H2,1-2H3. The Labute approximate surface area is 162 Å². The van der Waals surface area contributed by atoms with Gasteiger partial charge in [-0.05, 0) is 41.6 Å². The van der Waals surface area contributed by atoms with Crippen LogP contribution in [0.4, 0.5) is 0 Å². The molecule has 0 saturated heterocycles. The first-order valence-electron chi connectivity index (χ1n) is 9.05. The second-order valence-electron chi connectivity index (χ2n) is 6.63. The minimum absolute atomic E-state index is 0.378. The zero-order valence-electron chi connectivity index (χ0n) is 15.7. The van der Waals surface area contributed by atoms with Gasteiger partial charge in [0.25, 0.3) is 0 Å².